The molecule has 0 aliphatic heterocycles. The highest BCUT2D eigenvalue weighted by molar-refractivity contribution is 6.01. The van der Waals surface area contributed by atoms with Crippen molar-refractivity contribution in [3.63, 3.8) is 0 Å². The van der Waals surface area contributed by atoms with Crippen molar-refractivity contribution in [2.45, 2.75) is 83.5 Å². The molecule has 0 spiro atoms. The molecule has 0 bridgehead atoms. The number of phenols is 2. The van der Waals surface area contributed by atoms with Crippen LogP contribution in [0.4, 0.5) is 5.69 Å². The smallest absolute Gasteiger partial charge is 0.157 e. The lowest BCUT2D eigenvalue weighted by atomic mass is 9.73. The van der Waals surface area contributed by atoms with Gasteiger partial charge in [-0.3, -0.25) is 0 Å². The molecule has 1 atom stereocenters. The van der Waals surface area contributed by atoms with E-state index in [1.807, 2.05) is 12.1 Å². The Balaban J connectivity index is 2.00. The van der Waals surface area contributed by atoms with E-state index in [4.69, 9.17) is 0 Å². The Kier molecular flexibility index (Phi) is 7.30. The maximum absolute atomic E-state index is 11.5. The van der Waals surface area contributed by atoms with Gasteiger partial charge in [-0.15, -0.1) is 4.91 Å². The number of hydrogen-bond donors (Lipinski definition) is 2. The van der Waals surface area contributed by atoms with Crippen molar-refractivity contribution in [2.75, 3.05) is 0 Å². The quantitative estimate of drug-likeness (QED) is 0.345. The van der Waals surface area contributed by atoms with Gasteiger partial charge in [-0.05, 0) is 36.3 Å². The summed E-state index contributed by atoms with van der Waals surface area (Å²) in [5.41, 5.74) is 0.617. The van der Waals surface area contributed by atoms with Crippen molar-refractivity contribution < 1.29 is 10.2 Å². The van der Waals surface area contributed by atoms with E-state index in [1.54, 1.807) is 12.1 Å². The van der Waals surface area contributed by atoms with Crippen molar-refractivity contribution in [3.05, 3.63) is 34.7 Å². The van der Waals surface area contributed by atoms with Gasteiger partial charge in [0.05, 0.1) is 0 Å². The van der Waals surface area contributed by atoms with Gasteiger partial charge in [0, 0.05) is 16.3 Å². The zero-order chi connectivity index (χ0) is 19.9. The molecular formula is C24H33NO3. The van der Waals surface area contributed by atoms with E-state index >= 15 is 0 Å². The summed E-state index contributed by atoms with van der Waals surface area (Å²) in [5, 5.41) is 26.3. The predicted molar refractivity (Wildman–Crippen MR) is 115 cm³/mol. The molecule has 0 saturated heterocycles. The molecule has 1 saturated carbocycles. The van der Waals surface area contributed by atoms with Gasteiger partial charge >= 0.3 is 0 Å². The summed E-state index contributed by atoms with van der Waals surface area (Å²) in [7, 11) is 0. The summed E-state index contributed by atoms with van der Waals surface area (Å²) in [5.74, 6) is 0.532. The zero-order valence-corrected chi connectivity index (χ0v) is 17.0. The van der Waals surface area contributed by atoms with Crippen LogP contribution in [-0.4, -0.2) is 10.2 Å². The molecule has 0 radical (unpaired) electrons. The molecule has 4 heteroatoms. The van der Waals surface area contributed by atoms with E-state index < -0.39 is 0 Å². The van der Waals surface area contributed by atoms with Crippen molar-refractivity contribution in [1.82, 2.24) is 0 Å². The third kappa shape index (κ3) is 4.31. The lowest BCUT2D eigenvalue weighted by Crippen LogP contribution is -2.17. The minimum Gasteiger partial charge on any atom is -0.507 e. The van der Waals surface area contributed by atoms with Gasteiger partial charge in [-0.2, -0.15) is 0 Å². The predicted octanol–water partition coefficient (Wildman–Crippen LogP) is 7.67. The summed E-state index contributed by atoms with van der Waals surface area (Å²) < 4.78 is 0. The van der Waals surface area contributed by atoms with E-state index in [1.165, 1.54) is 44.9 Å². The van der Waals surface area contributed by atoms with Crippen LogP contribution in [-0.2, 0) is 0 Å². The molecule has 2 aromatic carbocycles. The second-order valence-corrected chi connectivity index (χ2v) is 8.30. The van der Waals surface area contributed by atoms with Crippen LogP contribution in [0.2, 0.25) is 0 Å². The zero-order valence-electron chi connectivity index (χ0n) is 17.0. The van der Waals surface area contributed by atoms with Gasteiger partial charge in [-0.1, -0.05) is 82.6 Å². The van der Waals surface area contributed by atoms with Crippen LogP contribution >= 0.6 is 0 Å². The summed E-state index contributed by atoms with van der Waals surface area (Å²) in [4.78, 5) is 11.5. The third-order valence-corrected chi connectivity index (χ3v) is 6.47. The summed E-state index contributed by atoms with van der Waals surface area (Å²) in [6, 6.07) is 7.18. The molecule has 3 rings (SSSR count). The van der Waals surface area contributed by atoms with Gasteiger partial charge in [0.1, 0.15) is 5.75 Å². The van der Waals surface area contributed by atoms with Crippen molar-refractivity contribution in [2.24, 2.45) is 11.1 Å². The van der Waals surface area contributed by atoms with Crippen molar-refractivity contribution in [3.8, 4) is 11.5 Å². The fourth-order valence-corrected chi connectivity index (χ4v) is 4.97. The Morgan fingerprint density at radius 2 is 1.64 bits per heavy atom. The first-order valence-electron chi connectivity index (χ1n) is 11.0. The average molecular weight is 384 g/mol. The Bertz CT molecular complexity index is 796. The van der Waals surface area contributed by atoms with Crippen LogP contribution in [0.5, 0.6) is 11.5 Å². The Morgan fingerprint density at radius 1 is 0.964 bits per heavy atom. The third-order valence-electron chi connectivity index (χ3n) is 6.47. The number of rotatable bonds is 9. The second-order valence-electron chi connectivity index (χ2n) is 8.30. The van der Waals surface area contributed by atoms with Gasteiger partial charge < -0.3 is 10.2 Å². The van der Waals surface area contributed by atoms with Crippen LogP contribution < -0.4 is 0 Å². The highest BCUT2D eigenvalue weighted by Crippen LogP contribution is 2.52. The van der Waals surface area contributed by atoms with Gasteiger partial charge in [0.2, 0.25) is 0 Å². The number of nitroso groups, excluding NO2 is 1. The number of fused-ring (bicyclic) bond motifs is 1. The van der Waals surface area contributed by atoms with Gasteiger partial charge in [-0.25, -0.2) is 0 Å². The Morgan fingerprint density at radius 3 is 2.32 bits per heavy atom. The number of nitrogens with zero attached hydrogens (tertiary/aromatic N) is 1. The van der Waals surface area contributed by atoms with Crippen molar-refractivity contribution in [1.29, 1.82) is 0 Å². The monoisotopic (exact) mass is 383 g/mol. The maximum Gasteiger partial charge on any atom is 0.157 e. The fourth-order valence-electron chi connectivity index (χ4n) is 4.97. The SMILES string of the molecule is CCCCCCCC(c1c(O)c(N=O)c2ccccc2c1O)C1CCCCC1. The number of phenolic OH excluding ortho intramolecular Hbond substituents is 2. The first-order chi connectivity index (χ1) is 13.7. The Hall–Kier alpha value is -2.10. The normalized spacial score (nSPS) is 16.3. The topological polar surface area (TPSA) is 69.9 Å². The number of aromatic hydroxyl groups is 2. The van der Waals surface area contributed by atoms with Gasteiger partial charge in [0.15, 0.2) is 11.4 Å². The number of unbranched alkanes of at least 4 members (excludes halogenated alkanes) is 4. The lowest BCUT2D eigenvalue weighted by molar-refractivity contribution is 0.279. The molecule has 0 aromatic heterocycles. The molecular weight excluding hydrogens is 350 g/mol. The summed E-state index contributed by atoms with van der Waals surface area (Å²) >= 11 is 0. The minimum atomic E-state index is -0.115. The molecule has 152 valence electrons. The molecule has 4 nitrogen and oxygen atoms in total. The van der Waals surface area contributed by atoms with E-state index in [2.05, 4.69) is 12.1 Å². The molecule has 1 fully saturated rings. The molecule has 1 unspecified atom stereocenters. The van der Waals surface area contributed by atoms with Crippen LogP contribution in [0.25, 0.3) is 10.8 Å². The second kappa shape index (κ2) is 9.90. The summed E-state index contributed by atoms with van der Waals surface area (Å²) in [6.45, 7) is 2.21. The first kappa shape index (κ1) is 20.6. The average Bonchev–Trinajstić information content (AvgIpc) is 2.73. The standard InChI is InChI=1S/C24H33NO3/c1-2-3-4-5-9-14-18(17-12-7-6-8-13-17)21-23(26)20-16-11-10-15-19(20)22(25-28)24(21)27/h10-11,15-18,26-27H,2-9,12-14H2,1H3. The minimum absolute atomic E-state index is 0.0650. The summed E-state index contributed by atoms with van der Waals surface area (Å²) in [6.07, 6.45) is 12.8. The first-order valence-corrected chi connectivity index (χ1v) is 11.0. The number of benzene rings is 2. The van der Waals surface area contributed by atoms with Crippen LogP contribution in [0.3, 0.4) is 0 Å². The van der Waals surface area contributed by atoms with Crippen molar-refractivity contribution >= 4 is 16.5 Å². The molecule has 2 aromatic rings. The van der Waals surface area contributed by atoms with E-state index in [0.29, 0.717) is 22.3 Å². The molecule has 28 heavy (non-hydrogen) atoms. The van der Waals surface area contributed by atoms with E-state index in [-0.39, 0.29) is 23.1 Å². The van der Waals surface area contributed by atoms with Crippen LogP contribution in [0, 0.1) is 10.8 Å². The van der Waals surface area contributed by atoms with Gasteiger partial charge in [0.25, 0.3) is 0 Å². The van der Waals surface area contributed by atoms with Crippen LogP contribution in [0.15, 0.2) is 29.4 Å². The largest absolute Gasteiger partial charge is 0.507 e. The fraction of sp³-hybridized carbons (Fsp3) is 0.583. The molecule has 0 amide bonds. The molecule has 1 aliphatic carbocycles. The molecule has 2 N–H and O–H groups in total. The molecule has 1 aliphatic rings. The van der Waals surface area contributed by atoms with E-state index in [9.17, 15) is 15.1 Å². The molecule has 0 heterocycles. The highest BCUT2D eigenvalue weighted by Gasteiger charge is 2.31. The highest BCUT2D eigenvalue weighted by atomic mass is 16.3. The number of hydrogen-bond acceptors (Lipinski definition) is 4. The maximum atomic E-state index is 11.5. The van der Waals surface area contributed by atoms with Crippen LogP contribution in [0.1, 0.15) is 89.0 Å². The lowest BCUT2D eigenvalue weighted by Gasteiger charge is -2.32. The Labute approximate surface area is 167 Å². The van der Waals surface area contributed by atoms with E-state index in [0.717, 1.165) is 25.7 Å².